The van der Waals surface area contributed by atoms with Crippen LogP contribution in [0, 0.1) is 6.92 Å². The Balaban J connectivity index is 2.55. The summed E-state index contributed by atoms with van der Waals surface area (Å²) in [5.74, 6) is 0. The lowest BCUT2D eigenvalue weighted by atomic mass is 10.2. The largest absolute Gasteiger partial charge is 0.392 e. The number of hydrogen-bond acceptors (Lipinski definition) is 2. The molecule has 0 bridgehead atoms. The molecule has 0 aliphatic carbocycles. The molecule has 0 fully saturated rings. The smallest absolute Gasteiger partial charge is 0.0613 e. The van der Waals surface area contributed by atoms with Crippen LogP contribution in [0.1, 0.15) is 5.56 Å². The molecule has 76 valence electrons. The lowest BCUT2D eigenvalue weighted by Gasteiger charge is -2.06. The van der Waals surface area contributed by atoms with Crippen LogP contribution in [-0.4, -0.2) is 18.3 Å². The van der Waals surface area contributed by atoms with Gasteiger partial charge in [-0.25, -0.2) is 0 Å². The second-order valence-corrected chi connectivity index (χ2v) is 3.87. The van der Waals surface area contributed by atoms with Crippen molar-refractivity contribution in [1.29, 1.82) is 0 Å². The fourth-order valence-electron chi connectivity index (χ4n) is 1.09. The van der Waals surface area contributed by atoms with Gasteiger partial charge in [0.15, 0.2) is 0 Å². The van der Waals surface area contributed by atoms with Gasteiger partial charge >= 0.3 is 0 Å². The number of anilines is 1. The summed E-state index contributed by atoms with van der Waals surface area (Å²) in [7, 11) is 0. The van der Waals surface area contributed by atoms with Crippen molar-refractivity contribution in [3.63, 3.8) is 0 Å². The van der Waals surface area contributed by atoms with Gasteiger partial charge in [-0.15, -0.1) is 0 Å². The first kappa shape index (κ1) is 11.3. The number of rotatable bonds is 4. The molecule has 2 nitrogen and oxygen atoms in total. The molecule has 1 rings (SSSR count). The van der Waals surface area contributed by atoms with Crippen molar-refractivity contribution in [1.82, 2.24) is 0 Å². The van der Waals surface area contributed by atoms with Crippen molar-refractivity contribution in [2.75, 3.05) is 18.5 Å². The third-order valence-electron chi connectivity index (χ3n) is 1.81. The zero-order valence-electron chi connectivity index (χ0n) is 8.13. The average Bonchev–Trinajstić information content (AvgIpc) is 2.15. The molecule has 0 aliphatic rings. The summed E-state index contributed by atoms with van der Waals surface area (Å²) in [6, 6.07) is 6.16. The highest BCUT2D eigenvalue weighted by Crippen LogP contribution is 2.22. The molecule has 0 aliphatic heterocycles. The van der Waals surface area contributed by atoms with Crippen molar-refractivity contribution in [2.45, 2.75) is 6.92 Å². The van der Waals surface area contributed by atoms with Crippen LogP contribution in [0.5, 0.6) is 0 Å². The maximum absolute atomic E-state index is 8.53. The summed E-state index contributed by atoms with van der Waals surface area (Å²) in [5.41, 5.74) is 2.30. The Bertz CT molecular complexity index is 323. The van der Waals surface area contributed by atoms with Crippen LogP contribution in [0.3, 0.4) is 0 Å². The van der Waals surface area contributed by atoms with E-state index in [9.17, 15) is 0 Å². The van der Waals surface area contributed by atoms with Crippen LogP contribution in [-0.2, 0) is 0 Å². The van der Waals surface area contributed by atoms with Gasteiger partial charge < -0.3 is 10.4 Å². The van der Waals surface area contributed by atoms with Crippen molar-refractivity contribution in [2.24, 2.45) is 0 Å². The third kappa shape index (κ3) is 3.52. The second kappa shape index (κ2) is 5.83. The van der Waals surface area contributed by atoms with Gasteiger partial charge in [0, 0.05) is 16.7 Å². The van der Waals surface area contributed by atoms with E-state index in [-0.39, 0.29) is 6.61 Å². The fourth-order valence-corrected chi connectivity index (χ4v) is 1.72. The Morgan fingerprint density at radius 2 is 2.21 bits per heavy atom. The quantitative estimate of drug-likeness (QED) is 0.812. The predicted octanol–water partition coefficient (Wildman–Crippen LogP) is 2.72. The minimum absolute atomic E-state index is 0.0940. The van der Waals surface area contributed by atoms with E-state index in [4.69, 9.17) is 5.11 Å². The minimum atomic E-state index is 0.0940. The van der Waals surface area contributed by atoms with Crippen LogP contribution in [0.25, 0.3) is 0 Å². The summed E-state index contributed by atoms with van der Waals surface area (Å²) < 4.78 is 1.06. The molecule has 0 radical (unpaired) electrons. The molecule has 0 aromatic heterocycles. The van der Waals surface area contributed by atoms with Gasteiger partial charge in [0.05, 0.1) is 6.61 Å². The Hall–Kier alpha value is -0.800. The van der Waals surface area contributed by atoms with E-state index in [1.54, 1.807) is 6.08 Å². The van der Waals surface area contributed by atoms with E-state index in [2.05, 4.69) is 40.3 Å². The first-order chi connectivity index (χ1) is 6.74. The Kier molecular flexibility index (Phi) is 4.70. The van der Waals surface area contributed by atoms with Crippen LogP contribution < -0.4 is 5.32 Å². The number of halogens is 1. The molecule has 1 aromatic rings. The molecular weight excluding hydrogens is 242 g/mol. The Morgan fingerprint density at radius 3 is 2.86 bits per heavy atom. The fraction of sp³-hybridized carbons (Fsp3) is 0.273. The van der Waals surface area contributed by atoms with Gasteiger partial charge in [0.2, 0.25) is 0 Å². The van der Waals surface area contributed by atoms with Crippen LogP contribution in [0.4, 0.5) is 5.69 Å². The molecular formula is C11H14BrNO. The van der Waals surface area contributed by atoms with Crippen molar-refractivity contribution in [3.05, 3.63) is 40.4 Å². The van der Waals surface area contributed by atoms with E-state index in [0.717, 1.165) is 16.7 Å². The SMILES string of the molecule is Cc1ccc(NC/C=C/CO)c(Br)c1. The highest BCUT2D eigenvalue weighted by Gasteiger charge is 1.96. The van der Waals surface area contributed by atoms with E-state index >= 15 is 0 Å². The van der Waals surface area contributed by atoms with Crippen LogP contribution >= 0.6 is 15.9 Å². The zero-order chi connectivity index (χ0) is 10.4. The summed E-state index contributed by atoms with van der Waals surface area (Å²) >= 11 is 3.48. The predicted molar refractivity (Wildman–Crippen MR) is 63.6 cm³/mol. The summed E-state index contributed by atoms with van der Waals surface area (Å²) in [5, 5.41) is 11.8. The Morgan fingerprint density at radius 1 is 1.43 bits per heavy atom. The van der Waals surface area contributed by atoms with E-state index < -0.39 is 0 Å². The van der Waals surface area contributed by atoms with Gasteiger partial charge in [0.25, 0.3) is 0 Å². The number of nitrogens with one attached hydrogen (secondary N) is 1. The van der Waals surface area contributed by atoms with Crippen molar-refractivity contribution < 1.29 is 5.11 Å². The maximum Gasteiger partial charge on any atom is 0.0613 e. The van der Waals surface area contributed by atoms with E-state index in [1.807, 2.05) is 12.1 Å². The molecule has 0 spiro atoms. The molecule has 3 heteroatoms. The maximum atomic E-state index is 8.53. The average molecular weight is 256 g/mol. The summed E-state index contributed by atoms with van der Waals surface area (Å²) in [6.45, 7) is 2.87. The minimum Gasteiger partial charge on any atom is -0.392 e. The first-order valence-electron chi connectivity index (χ1n) is 4.50. The highest BCUT2D eigenvalue weighted by atomic mass is 79.9. The van der Waals surface area contributed by atoms with Gasteiger partial charge in [-0.1, -0.05) is 18.2 Å². The zero-order valence-corrected chi connectivity index (χ0v) is 9.71. The second-order valence-electron chi connectivity index (χ2n) is 3.02. The number of aliphatic hydroxyl groups excluding tert-OH is 1. The molecule has 0 saturated heterocycles. The van der Waals surface area contributed by atoms with E-state index in [1.165, 1.54) is 5.56 Å². The number of aryl methyl sites for hydroxylation is 1. The van der Waals surface area contributed by atoms with Crippen molar-refractivity contribution >= 4 is 21.6 Å². The van der Waals surface area contributed by atoms with Gasteiger partial charge in [-0.2, -0.15) is 0 Å². The normalized spacial score (nSPS) is 10.8. The molecule has 0 amide bonds. The Labute approximate surface area is 92.8 Å². The van der Waals surface area contributed by atoms with Crippen LogP contribution in [0.2, 0.25) is 0 Å². The monoisotopic (exact) mass is 255 g/mol. The highest BCUT2D eigenvalue weighted by molar-refractivity contribution is 9.10. The molecule has 14 heavy (non-hydrogen) atoms. The van der Waals surface area contributed by atoms with Crippen LogP contribution in [0.15, 0.2) is 34.8 Å². The molecule has 1 aromatic carbocycles. The molecule has 2 N–H and O–H groups in total. The van der Waals surface area contributed by atoms with Gasteiger partial charge in [0.1, 0.15) is 0 Å². The molecule has 0 atom stereocenters. The first-order valence-corrected chi connectivity index (χ1v) is 5.29. The summed E-state index contributed by atoms with van der Waals surface area (Å²) in [4.78, 5) is 0. The standard InChI is InChI=1S/C11H14BrNO/c1-9-4-5-11(10(12)8-9)13-6-2-3-7-14/h2-5,8,13-14H,6-7H2,1H3/b3-2+. The summed E-state index contributed by atoms with van der Waals surface area (Å²) in [6.07, 6.45) is 3.61. The van der Waals surface area contributed by atoms with Gasteiger partial charge in [-0.3, -0.25) is 0 Å². The lowest BCUT2D eigenvalue weighted by molar-refractivity contribution is 0.342. The van der Waals surface area contributed by atoms with Crippen molar-refractivity contribution in [3.8, 4) is 0 Å². The molecule has 0 unspecified atom stereocenters. The molecule has 0 saturated carbocycles. The van der Waals surface area contributed by atoms with Gasteiger partial charge in [-0.05, 0) is 40.5 Å². The number of aliphatic hydroxyl groups is 1. The lowest BCUT2D eigenvalue weighted by Crippen LogP contribution is -1.99. The number of hydrogen-bond donors (Lipinski definition) is 2. The number of benzene rings is 1. The van der Waals surface area contributed by atoms with E-state index in [0.29, 0.717) is 0 Å². The molecule has 0 heterocycles. The third-order valence-corrected chi connectivity index (χ3v) is 2.46. The topological polar surface area (TPSA) is 32.3 Å².